The van der Waals surface area contributed by atoms with Gasteiger partial charge in [0.1, 0.15) is 0 Å². The first-order valence-electron chi connectivity index (χ1n) is 9.59. The summed E-state index contributed by atoms with van der Waals surface area (Å²) in [4.78, 5) is 25.0. The molecule has 0 bridgehead atoms. The maximum atomic E-state index is 12.7. The van der Waals surface area contributed by atoms with Crippen LogP contribution in [0.1, 0.15) is 34.6 Å². The summed E-state index contributed by atoms with van der Waals surface area (Å²) in [6.45, 7) is 3.84. The Hall–Kier alpha value is -3.80. The molecule has 3 aromatic rings. The van der Waals surface area contributed by atoms with Crippen molar-refractivity contribution in [3.8, 4) is 11.5 Å². The molecule has 0 fully saturated rings. The van der Waals surface area contributed by atoms with Crippen molar-refractivity contribution >= 4 is 23.2 Å². The molecule has 2 amide bonds. The number of hydrogen-bond acceptors (Lipinski definition) is 4. The average Bonchev–Trinajstić information content (AvgIpc) is 2.74. The van der Waals surface area contributed by atoms with Crippen LogP contribution in [0, 0.1) is 0 Å². The van der Waals surface area contributed by atoms with E-state index in [4.69, 9.17) is 9.47 Å². The number of nitrogens with one attached hydrogen (secondary N) is 2. The third-order valence-corrected chi connectivity index (χ3v) is 4.20. The molecule has 2 N–H and O–H groups in total. The molecule has 0 spiro atoms. The van der Waals surface area contributed by atoms with Gasteiger partial charge in [0.05, 0.1) is 13.2 Å². The Balaban J connectivity index is 1.71. The van der Waals surface area contributed by atoms with Gasteiger partial charge in [0.2, 0.25) is 0 Å². The van der Waals surface area contributed by atoms with Crippen LogP contribution < -0.4 is 20.1 Å². The van der Waals surface area contributed by atoms with Crippen LogP contribution in [0.4, 0.5) is 11.4 Å². The lowest BCUT2D eigenvalue weighted by Crippen LogP contribution is -2.14. The van der Waals surface area contributed by atoms with Gasteiger partial charge in [-0.3, -0.25) is 9.59 Å². The average molecular weight is 404 g/mol. The molecule has 0 radical (unpaired) electrons. The lowest BCUT2D eigenvalue weighted by Gasteiger charge is -2.14. The lowest BCUT2D eigenvalue weighted by molar-refractivity contribution is 0.101. The number of benzene rings is 3. The van der Waals surface area contributed by atoms with E-state index in [0.29, 0.717) is 34.0 Å². The largest absolute Gasteiger partial charge is 0.493 e. The van der Waals surface area contributed by atoms with Gasteiger partial charge >= 0.3 is 0 Å². The van der Waals surface area contributed by atoms with E-state index in [9.17, 15) is 9.59 Å². The summed E-state index contributed by atoms with van der Waals surface area (Å²) in [5.74, 6) is 0.551. The number of ether oxygens (including phenoxy) is 2. The van der Waals surface area contributed by atoms with Gasteiger partial charge in [0, 0.05) is 22.5 Å². The summed E-state index contributed by atoms with van der Waals surface area (Å²) in [5.41, 5.74) is 2.14. The van der Waals surface area contributed by atoms with E-state index in [-0.39, 0.29) is 17.9 Å². The van der Waals surface area contributed by atoms with Crippen LogP contribution in [0.5, 0.6) is 11.5 Å². The summed E-state index contributed by atoms with van der Waals surface area (Å²) in [6.07, 6.45) is -0.00703. The minimum absolute atomic E-state index is 0.00703. The minimum Gasteiger partial charge on any atom is -0.493 e. The SMILES string of the molecule is COc1cc(C(=O)Nc2cccc(NC(=O)c3ccccc3)c2)ccc1OC(C)C. The van der Waals surface area contributed by atoms with Crippen molar-refractivity contribution in [2.75, 3.05) is 17.7 Å². The molecule has 0 unspecified atom stereocenters. The molecule has 0 saturated heterocycles. The molecule has 0 atom stereocenters. The quantitative estimate of drug-likeness (QED) is 0.582. The van der Waals surface area contributed by atoms with Crippen molar-refractivity contribution < 1.29 is 19.1 Å². The maximum Gasteiger partial charge on any atom is 0.255 e. The standard InChI is InChI=1S/C24H24N2O4/c1-16(2)30-21-13-12-18(14-22(21)29-3)24(28)26-20-11-7-10-19(15-20)25-23(27)17-8-5-4-6-9-17/h4-16H,1-3H3,(H,25,27)(H,26,28). The zero-order chi connectivity index (χ0) is 21.5. The van der Waals surface area contributed by atoms with Gasteiger partial charge < -0.3 is 20.1 Å². The van der Waals surface area contributed by atoms with Crippen LogP contribution in [-0.4, -0.2) is 25.0 Å². The molecule has 30 heavy (non-hydrogen) atoms. The van der Waals surface area contributed by atoms with Crippen LogP contribution in [-0.2, 0) is 0 Å². The number of amides is 2. The van der Waals surface area contributed by atoms with Crippen molar-refractivity contribution in [2.45, 2.75) is 20.0 Å². The molecular weight excluding hydrogens is 380 g/mol. The Morgan fingerprint density at radius 3 is 1.97 bits per heavy atom. The van der Waals surface area contributed by atoms with E-state index >= 15 is 0 Å². The highest BCUT2D eigenvalue weighted by Crippen LogP contribution is 2.29. The Bertz CT molecular complexity index is 1030. The van der Waals surface area contributed by atoms with Gasteiger partial charge in [-0.25, -0.2) is 0 Å². The maximum absolute atomic E-state index is 12.7. The smallest absolute Gasteiger partial charge is 0.255 e. The van der Waals surface area contributed by atoms with Crippen LogP contribution in [0.25, 0.3) is 0 Å². The highest BCUT2D eigenvalue weighted by molar-refractivity contribution is 6.06. The highest BCUT2D eigenvalue weighted by atomic mass is 16.5. The predicted octanol–water partition coefficient (Wildman–Crippen LogP) is 4.99. The number of rotatable bonds is 7. The molecule has 0 saturated carbocycles. The molecule has 6 nitrogen and oxygen atoms in total. The first kappa shape index (κ1) is 20.9. The molecule has 3 aromatic carbocycles. The molecule has 0 heterocycles. The van der Waals surface area contributed by atoms with Crippen LogP contribution in [0.15, 0.2) is 72.8 Å². The van der Waals surface area contributed by atoms with E-state index in [2.05, 4.69) is 10.6 Å². The number of carbonyl (C=O) groups excluding carboxylic acids is 2. The fraction of sp³-hybridized carbons (Fsp3) is 0.167. The first-order chi connectivity index (χ1) is 14.5. The normalized spacial score (nSPS) is 10.4. The van der Waals surface area contributed by atoms with Crippen LogP contribution in [0.3, 0.4) is 0 Å². The summed E-state index contributed by atoms with van der Waals surface area (Å²) >= 11 is 0. The Labute approximate surface area is 175 Å². The summed E-state index contributed by atoms with van der Waals surface area (Å²) in [6, 6.07) is 20.9. The molecule has 154 valence electrons. The number of hydrogen-bond donors (Lipinski definition) is 2. The second-order valence-electron chi connectivity index (χ2n) is 6.89. The summed E-state index contributed by atoms with van der Waals surface area (Å²) in [7, 11) is 1.53. The third kappa shape index (κ3) is 5.38. The van der Waals surface area contributed by atoms with Crippen molar-refractivity contribution in [1.29, 1.82) is 0 Å². The molecule has 0 aromatic heterocycles. The molecule has 6 heteroatoms. The third-order valence-electron chi connectivity index (χ3n) is 4.20. The zero-order valence-corrected chi connectivity index (χ0v) is 17.1. The second-order valence-corrected chi connectivity index (χ2v) is 6.89. The molecule has 3 rings (SSSR count). The number of methoxy groups -OCH3 is 1. The molecule has 0 aliphatic heterocycles. The molecule has 0 aliphatic carbocycles. The van der Waals surface area contributed by atoms with Gasteiger partial charge in [-0.15, -0.1) is 0 Å². The van der Waals surface area contributed by atoms with Gasteiger partial charge in [0.15, 0.2) is 11.5 Å². The highest BCUT2D eigenvalue weighted by Gasteiger charge is 2.13. The summed E-state index contributed by atoms with van der Waals surface area (Å²) in [5, 5.41) is 5.67. The first-order valence-corrected chi connectivity index (χ1v) is 9.59. The van der Waals surface area contributed by atoms with E-state index in [0.717, 1.165) is 0 Å². The number of anilines is 2. The second kappa shape index (κ2) is 9.60. The Morgan fingerprint density at radius 1 is 0.733 bits per heavy atom. The lowest BCUT2D eigenvalue weighted by atomic mass is 10.1. The fourth-order valence-corrected chi connectivity index (χ4v) is 2.83. The monoisotopic (exact) mass is 404 g/mol. The van der Waals surface area contributed by atoms with Crippen LogP contribution >= 0.6 is 0 Å². The fourth-order valence-electron chi connectivity index (χ4n) is 2.83. The van der Waals surface area contributed by atoms with E-state index < -0.39 is 0 Å². The van der Waals surface area contributed by atoms with Crippen molar-refractivity contribution in [2.24, 2.45) is 0 Å². The van der Waals surface area contributed by atoms with Crippen molar-refractivity contribution in [3.05, 3.63) is 83.9 Å². The number of carbonyl (C=O) groups is 2. The van der Waals surface area contributed by atoms with Crippen molar-refractivity contribution in [3.63, 3.8) is 0 Å². The van der Waals surface area contributed by atoms with E-state index in [1.165, 1.54) is 7.11 Å². The zero-order valence-electron chi connectivity index (χ0n) is 17.1. The Morgan fingerprint density at radius 2 is 1.37 bits per heavy atom. The van der Waals surface area contributed by atoms with Crippen molar-refractivity contribution in [1.82, 2.24) is 0 Å². The van der Waals surface area contributed by atoms with Gasteiger partial charge in [-0.2, -0.15) is 0 Å². The van der Waals surface area contributed by atoms with Gasteiger partial charge in [-0.05, 0) is 62.4 Å². The van der Waals surface area contributed by atoms with E-state index in [1.54, 1.807) is 66.7 Å². The molecular formula is C24H24N2O4. The predicted molar refractivity (Wildman–Crippen MR) is 118 cm³/mol. The van der Waals surface area contributed by atoms with E-state index in [1.807, 2.05) is 19.9 Å². The van der Waals surface area contributed by atoms with Gasteiger partial charge in [-0.1, -0.05) is 24.3 Å². The van der Waals surface area contributed by atoms with Crippen LogP contribution in [0.2, 0.25) is 0 Å². The minimum atomic E-state index is -0.295. The molecule has 0 aliphatic rings. The Kier molecular flexibility index (Phi) is 6.70. The summed E-state index contributed by atoms with van der Waals surface area (Å²) < 4.78 is 11.0. The topological polar surface area (TPSA) is 76.7 Å². The van der Waals surface area contributed by atoms with Gasteiger partial charge in [0.25, 0.3) is 11.8 Å².